The van der Waals surface area contributed by atoms with Crippen LogP contribution in [0, 0.1) is 10.1 Å². The van der Waals surface area contributed by atoms with Gasteiger partial charge in [-0.05, 0) is 6.42 Å². The topological polar surface area (TPSA) is 135 Å². The molecule has 1 aromatic rings. The van der Waals surface area contributed by atoms with Crippen molar-refractivity contribution in [2.24, 2.45) is 0 Å². The Balaban J connectivity index is 2.62. The number of nitro groups is 1. The SMILES string of the molecule is CS(=O)(=O)NCCCNS(=O)(=O)c1cc([N+](=O)[O-])c(Cl)s1. The first-order valence-electron chi connectivity index (χ1n) is 5.41. The van der Waals surface area contributed by atoms with Gasteiger partial charge in [0.1, 0.15) is 4.21 Å². The molecule has 0 radical (unpaired) electrons. The van der Waals surface area contributed by atoms with Crippen LogP contribution in [0.4, 0.5) is 5.69 Å². The number of nitrogens with one attached hydrogen (secondary N) is 2. The summed E-state index contributed by atoms with van der Waals surface area (Å²) < 4.78 is 49.2. The lowest BCUT2D eigenvalue weighted by Gasteiger charge is -2.04. The summed E-state index contributed by atoms with van der Waals surface area (Å²) >= 11 is 6.17. The Hall–Kier alpha value is -0.790. The Kier molecular flexibility index (Phi) is 6.07. The van der Waals surface area contributed by atoms with Crippen molar-refractivity contribution in [1.29, 1.82) is 0 Å². The fraction of sp³-hybridized carbons (Fsp3) is 0.500. The monoisotopic (exact) mass is 377 g/mol. The first kappa shape index (κ1) is 18.3. The molecule has 0 amide bonds. The Morgan fingerprint density at radius 1 is 1.29 bits per heavy atom. The fourth-order valence-corrected chi connectivity index (χ4v) is 4.52. The lowest BCUT2D eigenvalue weighted by molar-refractivity contribution is -0.384. The van der Waals surface area contributed by atoms with E-state index in [2.05, 4.69) is 9.44 Å². The van der Waals surface area contributed by atoms with Crippen LogP contribution in [0.15, 0.2) is 10.3 Å². The minimum Gasteiger partial charge on any atom is -0.258 e. The van der Waals surface area contributed by atoms with Gasteiger partial charge in [0.05, 0.1) is 11.2 Å². The van der Waals surface area contributed by atoms with E-state index in [-0.39, 0.29) is 28.1 Å². The molecule has 1 rings (SSSR count). The van der Waals surface area contributed by atoms with Crippen LogP contribution in [-0.4, -0.2) is 41.1 Å². The Morgan fingerprint density at radius 2 is 1.86 bits per heavy atom. The maximum Gasteiger partial charge on any atom is 0.300 e. The third-order valence-electron chi connectivity index (χ3n) is 2.12. The van der Waals surface area contributed by atoms with Crippen LogP contribution < -0.4 is 9.44 Å². The Bertz CT molecular complexity index is 726. The van der Waals surface area contributed by atoms with Gasteiger partial charge in [-0.2, -0.15) is 0 Å². The molecule has 0 bridgehead atoms. The van der Waals surface area contributed by atoms with E-state index in [0.29, 0.717) is 11.3 Å². The van der Waals surface area contributed by atoms with Crippen molar-refractivity contribution in [3.63, 3.8) is 0 Å². The van der Waals surface area contributed by atoms with Gasteiger partial charge in [0.2, 0.25) is 20.0 Å². The molecule has 0 saturated carbocycles. The number of halogens is 1. The first-order chi connectivity index (χ1) is 9.53. The molecule has 1 heterocycles. The molecule has 0 fully saturated rings. The van der Waals surface area contributed by atoms with Crippen molar-refractivity contribution >= 4 is 48.7 Å². The van der Waals surface area contributed by atoms with Crippen molar-refractivity contribution in [2.75, 3.05) is 19.3 Å². The molecule has 0 saturated heterocycles. The predicted molar refractivity (Wildman–Crippen MR) is 78.6 cm³/mol. The van der Waals surface area contributed by atoms with Gasteiger partial charge < -0.3 is 0 Å². The molecule has 0 aliphatic carbocycles. The Labute approximate surface area is 130 Å². The Morgan fingerprint density at radius 3 is 2.33 bits per heavy atom. The average molecular weight is 378 g/mol. The second-order valence-electron chi connectivity index (χ2n) is 3.90. The van der Waals surface area contributed by atoms with Crippen molar-refractivity contribution in [2.45, 2.75) is 10.6 Å². The zero-order chi connectivity index (χ0) is 16.3. The van der Waals surface area contributed by atoms with Gasteiger partial charge in [0.25, 0.3) is 5.69 Å². The summed E-state index contributed by atoms with van der Waals surface area (Å²) in [6.45, 7) is 0.0564. The van der Waals surface area contributed by atoms with Gasteiger partial charge in [0.15, 0.2) is 4.34 Å². The van der Waals surface area contributed by atoms with E-state index in [1.807, 2.05) is 0 Å². The minimum absolute atomic E-state index is 0.0197. The molecule has 9 nitrogen and oxygen atoms in total. The van der Waals surface area contributed by atoms with Crippen LogP contribution >= 0.6 is 22.9 Å². The van der Waals surface area contributed by atoms with Gasteiger partial charge in [-0.15, -0.1) is 11.3 Å². The largest absolute Gasteiger partial charge is 0.300 e. The van der Waals surface area contributed by atoms with Crippen LogP contribution in [0.25, 0.3) is 0 Å². The van der Waals surface area contributed by atoms with Gasteiger partial charge in [-0.25, -0.2) is 26.3 Å². The van der Waals surface area contributed by atoms with Gasteiger partial charge in [-0.3, -0.25) is 10.1 Å². The van der Waals surface area contributed by atoms with Crippen LogP contribution in [0.3, 0.4) is 0 Å². The molecule has 2 N–H and O–H groups in total. The molecule has 21 heavy (non-hydrogen) atoms. The third kappa shape index (κ3) is 5.84. The average Bonchev–Trinajstić information content (AvgIpc) is 2.70. The van der Waals surface area contributed by atoms with E-state index in [9.17, 15) is 26.9 Å². The van der Waals surface area contributed by atoms with Crippen LogP contribution in [0.1, 0.15) is 6.42 Å². The number of sulfonamides is 2. The lowest BCUT2D eigenvalue weighted by Crippen LogP contribution is -2.29. The number of nitrogens with zero attached hydrogens (tertiary/aromatic N) is 1. The zero-order valence-electron chi connectivity index (χ0n) is 10.7. The molecule has 13 heteroatoms. The minimum atomic E-state index is -3.91. The smallest absolute Gasteiger partial charge is 0.258 e. The summed E-state index contributed by atoms with van der Waals surface area (Å²) in [6, 6.07) is 0.879. The van der Waals surface area contributed by atoms with Gasteiger partial charge >= 0.3 is 0 Å². The molecule has 0 spiro atoms. The summed E-state index contributed by atoms with van der Waals surface area (Å²) in [5.41, 5.74) is -0.471. The molecular formula is C8H12ClN3O6S3. The highest BCUT2D eigenvalue weighted by Crippen LogP contribution is 2.35. The first-order valence-corrected chi connectivity index (χ1v) is 9.98. The standard InChI is InChI=1S/C8H12ClN3O6S3/c1-20(15,16)10-3-2-4-11-21(17,18)7-5-6(12(13)14)8(9)19-7/h5,10-11H,2-4H2,1H3. The summed E-state index contributed by atoms with van der Waals surface area (Å²) in [4.78, 5) is 9.83. The van der Waals surface area contributed by atoms with Crippen LogP contribution in [0.5, 0.6) is 0 Å². The summed E-state index contributed by atoms with van der Waals surface area (Å²) in [7, 11) is -7.23. The lowest BCUT2D eigenvalue weighted by atomic mass is 10.4. The summed E-state index contributed by atoms with van der Waals surface area (Å²) in [6.07, 6.45) is 1.22. The zero-order valence-corrected chi connectivity index (χ0v) is 13.9. The molecule has 0 atom stereocenters. The maximum absolute atomic E-state index is 11.9. The quantitative estimate of drug-likeness (QED) is 0.385. The maximum atomic E-state index is 11.9. The van der Waals surface area contributed by atoms with Crippen LogP contribution in [0.2, 0.25) is 4.34 Å². The molecular weight excluding hydrogens is 366 g/mol. The summed E-state index contributed by atoms with van der Waals surface area (Å²) in [5, 5.41) is 10.6. The van der Waals surface area contributed by atoms with E-state index in [1.165, 1.54) is 0 Å². The van der Waals surface area contributed by atoms with E-state index < -0.39 is 30.7 Å². The second kappa shape index (κ2) is 6.98. The fourth-order valence-electron chi connectivity index (χ4n) is 1.22. The number of hydrogen-bond donors (Lipinski definition) is 2. The van der Waals surface area contributed by atoms with E-state index in [4.69, 9.17) is 11.6 Å². The van der Waals surface area contributed by atoms with Gasteiger partial charge in [-0.1, -0.05) is 11.6 Å². The van der Waals surface area contributed by atoms with Crippen molar-refractivity contribution in [3.05, 3.63) is 20.5 Å². The molecule has 1 aromatic heterocycles. The van der Waals surface area contributed by atoms with Gasteiger partial charge in [0, 0.05) is 19.2 Å². The van der Waals surface area contributed by atoms with E-state index >= 15 is 0 Å². The third-order valence-corrected chi connectivity index (χ3v) is 6.12. The highest BCUT2D eigenvalue weighted by Gasteiger charge is 2.24. The predicted octanol–water partition coefficient (Wildman–Crippen LogP) is 0.527. The highest BCUT2D eigenvalue weighted by molar-refractivity contribution is 7.91. The molecule has 0 aromatic carbocycles. The number of hydrogen-bond acceptors (Lipinski definition) is 7. The number of thiophene rings is 1. The number of rotatable bonds is 8. The second-order valence-corrected chi connectivity index (χ2v) is 9.38. The molecule has 0 aliphatic heterocycles. The van der Waals surface area contributed by atoms with Crippen LogP contribution in [-0.2, 0) is 20.0 Å². The molecule has 0 unspecified atom stereocenters. The van der Waals surface area contributed by atoms with E-state index in [1.54, 1.807) is 0 Å². The van der Waals surface area contributed by atoms with Crippen molar-refractivity contribution < 1.29 is 21.8 Å². The van der Waals surface area contributed by atoms with Crippen molar-refractivity contribution in [3.8, 4) is 0 Å². The normalized spacial score (nSPS) is 12.5. The molecule has 0 aliphatic rings. The summed E-state index contributed by atoms with van der Waals surface area (Å²) in [5.74, 6) is 0. The molecule has 120 valence electrons. The van der Waals surface area contributed by atoms with E-state index in [0.717, 1.165) is 12.3 Å². The van der Waals surface area contributed by atoms with Crippen molar-refractivity contribution in [1.82, 2.24) is 9.44 Å². The highest BCUT2D eigenvalue weighted by atomic mass is 35.5.